The van der Waals surface area contributed by atoms with Crippen LogP contribution in [0.3, 0.4) is 0 Å². The lowest BCUT2D eigenvalue weighted by Gasteiger charge is -2.34. The minimum absolute atomic E-state index is 0.272. The van der Waals surface area contributed by atoms with Gasteiger partial charge >= 0.3 is 0 Å². The summed E-state index contributed by atoms with van der Waals surface area (Å²) in [5.41, 5.74) is -0.488. The molecule has 0 aromatic rings. The van der Waals surface area contributed by atoms with Crippen LogP contribution in [-0.4, -0.2) is 23.4 Å². The third-order valence-electron chi connectivity index (χ3n) is 2.40. The average molecular weight is 172 g/mol. The van der Waals surface area contributed by atoms with E-state index in [1.165, 1.54) is 0 Å². The first-order valence-corrected chi connectivity index (χ1v) is 4.83. The zero-order chi connectivity index (χ0) is 9.19. The van der Waals surface area contributed by atoms with Gasteiger partial charge in [-0.1, -0.05) is 13.8 Å². The third kappa shape index (κ3) is 3.11. The van der Waals surface area contributed by atoms with Crippen LogP contribution in [0.25, 0.3) is 0 Å². The number of ether oxygens (including phenoxy) is 1. The van der Waals surface area contributed by atoms with Crippen LogP contribution in [0.4, 0.5) is 0 Å². The Balaban J connectivity index is 2.36. The van der Waals surface area contributed by atoms with Crippen molar-refractivity contribution >= 4 is 0 Å². The molecule has 0 aliphatic carbocycles. The van der Waals surface area contributed by atoms with Crippen molar-refractivity contribution in [1.82, 2.24) is 0 Å². The summed E-state index contributed by atoms with van der Waals surface area (Å²) in [5.74, 6) is 0.656. The summed E-state index contributed by atoms with van der Waals surface area (Å²) in [6, 6.07) is 0. The van der Waals surface area contributed by atoms with Crippen molar-refractivity contribution < 1.29 is 9.84 Å². The fourth-order valence-corrected chi connectivity index (χ4v) is 1.77. The predicted octanol–water partition coefficient (Wildman–Crippen LogP) is 1.96. The number of hydrogen-bond donors (Lipinski definition) is 1. The van der Waals surface area contributed by atoms with Crippen LogP contribution < -0.4 is 0 Å². The molecule has 0 saturated carbocycles. The molecule has 0 aromatic heterocycles. The van der Waals surface area contributed by atoms with Crippen LogP contribution in [-0.2, 0) is 4.74 Å². The molecule has 0 radical (unpaired) electrons. The van der Waals surface area contributed by atoms with E-state index in [4.69, 9.17) is 4.74 Å². The van der Waals surface area contributed by atoms with E-state index in [0.717, 1.165) is 19.3 Å². The van der Waals surface area contributed by atoms with Crippen molar-refractivity contribution in [2.75, 3.05) is 6.61 Å². The molecule has 0 bridgehead atoms. The molecule has 2 atom stereocenters. The lowest BCUT2D eigenvalue weighted by Crippen LogP contribution is -2.38. The zero-order valence-electron chi connectivity index (χ0n) is 8.34. The maximum absolute atomic E-state index is 9.78. The lowest BCUT2D eigenvalue weighted by molar-refractivity contribution is -0.0985. The first-order chi connectivity index (χ1) is 5.49. The van der Waals surface area contributed by atoms with Gasteiger partial charge in [0.1, 0.15) is 0 Å². The summed E-state index contributed by atoms with van der Waals surface area (Å²) in [7, 11) is 0. The Kier molecular flexibility index (Phi) is 3.13. The van der Waals surface area contributed by atoms with Gasteiger partial charge in [0.25, 0.3) is 0 Å². The molecule has 0 spiro atoms. The first-order valence-electron chi connectivity index (χ1n) is 4.83. The minimum Gasteiger partial charge on any atom is -0.390 e. The summed E-state index contributed by atoms with van der Waals surface area (Å²) < 4.78 is 5.56. The van der Waals surface area contributed by atoms with Gasteiger partial charge in [0, 0.05) is 13.0 Å². The molecule has 0 aromatic carbocycles. The van der Waals surface area contributed by atoms with E-state index in [9.17, 15) is 5.11 Å². The highest BCUT2D eigenvalue weighted by atomic mass is 16.5. The second kappa shape index (κ2) is 3.75. The van der Waals surface area contributed by atoms with Gasteiger partial charge in [0.2, 0.25) is 0 Å². The van der Waals surface area contributed by atoms with E-state index in [1.54, 1.807) is 0 Å². The monoisotopic (exact) mass is 172 g/mol. The van der Waals surface area contributed by atoms with E-state index in [1.807, 2.05) is 6.92 Å². The van der Waals surface area contributed by atoms with Crippen molar-refractivity contribution in [3.8, 4) is 0 Å². The van der Waals surface area contributed by atoms with E-state index in [-0.39, 0.29) is 6.10 Å². The van der Waals surface area contributed by atoms with Gasteiger partial charge in [-0.05, 0) is 25.7 Å². The highest BCUT2D eigenvalue weighted by Gasteiger charge is 2.30. The first kappa shape index (κ1) is 10.0. The second-order valence-corrected chi connectivity index (χ2v) is 4.57. The molecule has 2 heteroatoms. The van der Waals surface area contributed by atoms with E-state index < -0.39 is 5.60 Å². The van der Waals surface area contributed by atoms with Crippen molar-refractivity contribution in [2.24, 2.45) is 5.92 Å². The van der Waals surface area contributed by atoms with Gasteiger partial charge in [-0.3, -0.25) is 0 Å². The van der Waals surface area contributed by atoms with Crippen molar-refractivity contribution in [3.05, 3.63) is 0 Å². The maximum atomic E-state index is 9.78. The maximum Gasteiger partial charge on any atom is 0.0666 e. The SMILES string of the molecule is CC(C)C[C@H]1C[C@](C)(O)CCO1. The van der Waals surface area contributed by atoms with Gasteiger partial charge in [-0.2, -0.15) is 0 Å². The second-order valence-electron chi connectivity index (χ2n) is 4.57. The molecule has 1 saturated heterocycles. The van der Waals surface area contributed by atoms with E-state index >= 15 is 0 Å². The van der Waals surface area contributed by atoms with Gasteiger partial charge in [-0.25, -0.2) is 0 Å². The van der Waals surface area contributed by atoms with Gasteiger partial charge < -0.3 is 9.84 Å². The largest absolute Gasteiger partial charge is 0.390 e. The fraction of sp³-hybridized carbons (Fsp3) is 1.00. The van der Waals surface area contributed by atoms with Crippen LogP contribution in [0.5, 0.6) is 0 Å². The van der Waals surface area contributed by atoms with E-state index in [2.05, 4.69) is 13.8 Å². The third-order valence-corrected chi connectivity index (χ3v) is 2.40. The molecule has 1 aliphatic rings. The number of hydrogen-bond acceptors (Lipinski definition) is 2. The Morgan fingerprint density at radius 1 is 1.58 bits per heavy atom. The highest BCUT2D eigenvalue weighted by molar-refractivity contribution is 4.81. The smallest absolute Gasteiger partial charge is 0.0666 e. The normalized spacial score (nSPS) is 37.2. The molecule has 1 N–H and O–H groups in total. The molecule has 1 fully saturated rings. The summed E-state index contributed by atoms with van der Waals surface area (Å²) in [6.45, 7) is 6.99. The van der Waals surface area contributed by atoms with Crippen LogP contribution in [0.2, 0.25) is 0 Å². The van der Waals surface area contributed by atoms with Crippen LogP contribution in [0, 0.1) is 5.92 Å². The summed E-state index contributed by atoms with van der Waals surface area (Å²) in [5, 5.41) is 9.78. The molecule has 0 amide bonds. The molecule has 72 valence electrons. The van der Waals surface area contributed by atoms with Crippen molar-refractivity contribution in [2.45, 2.75) is 51.7 Å². The molecule has 1 rings (SSSR count). The quantitative estimate of drug-likeness (QED) is 0.690. The molecule has 0 unspecified atom stereocenters. The van der Waals surface area contributed by atoms with Gasteiger partial charge in [0.05, 0.1) is 11.7 Å². The summed E-state index contributed by atoms with van der Waals surface area (Å²) in [4.78, 5) is 0. The lowest BCUT2D eigenvalue weighted by atomic mass is 9.89. The van der Waals surface area contributed by atoms with Crippen molar-refractivity contribution in [1.29, 1.82) is 0 Å². The fourth-order valence-electron chi connectivity index (χ4n) is 1.77. The van der Waals surface area contributed by atoms with Crippen LogP contribution in [0.1, 0.15) is 40.0 Å². The Bertz CT molecular complexity index is 141. The van der Waals surface area contributed by atoms with Crippen molar-refractivity contribution in [3.63, 3.8) is 0 Å². The molecular formula is C10H20O2. The molecule has 1 heterocycles. The standard InChI is InChI=1S/C10H20O2/c1-8(2)6-9-7-10(3,11)4-5-12-9/h8-9,11H,4-7H2,1-3H3/t9-,10+/m0/s1. The van der Waals surface area contributed by atoms with Crippen LogP contribution in [0.15, 0.2) is 0 Å². The Hall–Kier alpha value is -0.0800. The molecular weight excluding hydrogens is 152 g/mol. The number of rotatable bonds is 2. The van der Waals surface area contributed by atoms with E-state index in [0.29, 0.717) is 12.5 Å². The molecule has 1 aliphatic heterocycles. The van der Waals surface area contributed by atoms with Crippen LogP contribution >= 0.6 is 0 Å². The van der Waals surface area contributed by atoms with Gasteiger partial charge in [0.15, 0.2) is 0 Å². The summed E-state index contributed by atoms with van der Waals surface area (Å²) in [6.07, 6.45) is 2.91. The van der Waals surface area contributed by atoms with Gasteiger partial charge in [-0.15, -0.1) is 0 Å². The average Bonchev–Trinajstić information content (AvgIpc) is 1.82. The predicted molar refractivity (Wildman–Crippen MR) is 49.1 cm³/mol. The Morgan fingerprint density at radius 2 is 2.25 bits per heavy atom. The topological polar surface area (TPSA) is 29.5 Å². The summed E-state index contributed by atoms with van der Waals surface area (Å²) >= 11 is 0. The molecule has 2 nitrogen and oxygen atoms in total. The molecule has 12 heavy (non-hydrogen) atoms. The Labute approximate surface area is 74.9 Å². The Morgan fingerprint density at radius 3 is 2.75 bits per heavy atom. The zero-order valence-corrected chi connectivity index (χ0v) is 8.34. The number of aliphatic hydroxyl groups is 1. The highest BCUT2D eigenvalue weighted by Crippen LogP contribution is 2.27. The minimum atomic E-state index is -0.488.